The van der Waals surface area contributed by atoms with Crippen LogP contribution in [0.1, 0.15) is 24.2 Å². The number of rotatable bonds is 3. The number of nitrogens with two attached hydrogens (primary N) is 1. The molecule has 1 saturated heterocycles. The van der Waals surface area contributed by atoms with E-state index in [1.165, 1.54) is 0 Å². The third-order valence-corrected chi connectivity index (χ3v) is 5.28. The van der Waals surface area contributed by atoms with Crippen LogP contribution in [0.5, 0.6) is 0 Å². The summed E-state index contributed by atoms with van der Waals surface area (Å²) in [7, 11) is 0. The summed E-state index contributed by atoms with van der Waals surface area (Å²) in [4.78, 5) is 6.72. The zero-order valence-electron chi connectivity index (χ0n) is 11.3. The smallest absolute Gasteiger partial charge is 0.245 e. The van der Waals surface area contributed by atoms with Crippen molar-refractivity contribution < 1.29 is 0 Å². The first-order valence-corrected chi connectivity index (χ1v) is 7.51. The molecule has 1 aromatic rings. The van der Waals surface area contributed by atoms with Crippen LogP contribution in [-0.4, -0.2) is 45.8 Å². The molecule has 0 aliphatic carbocycles. The molecule has 100 valence electrons. The average Bonchev–Trinajstić information content (AvgIpc) is 2.42. The highest BCUT2D eigenvalue weighted by atomic mass is 32.2. The van der Waals surface area contributed by atoms with Gasteiger partial charge in [0.05, 0.1) is 11.4 Å². The fourth-order valence-corrected chi connectivity index (χ4v) is 2.94. The fourth-order valence-electron chi connectivity index (χ4n) is 2.19. The lowest BCUT2D eigenvalue weighted by atomic mass is 9.96. The lowest BCUT2D eigenvalue weighted by Gasteiger charge is -2.39. The van der Waals surface area contributed by atoms with E-state index in [-0.39, 0.29) is 4.75 Å². The van der Waals surface area contributed by atoms with Crippen LogP contribution in [-0.2, 0) is 0 Å². The van der Waals surface area contributed by atoms with Crippen molar-refractivity contribution in [3.8, 4) is 0 Å². The van der Waals surface area contributed by atoms with Crippen LogP contribution in [0.3, 0.4) is 0 Å². The first-order chi connectivity index (χ1) is 8.60. The molecule has 0 bridgehead atoms. The van der Waals surface area contributed by atoms with E-state index in [1.807, 2.05) is 25.6 Å². The predicted octanol–water partition coefficient (Wildman–Crippen LogP) is 1.15. The minimum Gasteiger partial charge on any atom is -0.339 e. The molecule has 0 saturated carbocycles. The Kier molecular flexibility index (Phi) is 4.07. The molecule has 0 amide bonds. The summed E-state index contributed by atoms with van der Waals surface area (Å²) in [5.74, 6) is 0.754. The van der Waals surface area contributed by atoms with Crippen molar-refractivity contribution in [3.63, 3.8) is 0 Å². The van der Waals surface area contributed by atoms with Gasteiger partial charge in [-0.1, -0.05) is 0 Å². The Morgan fingerprint density at radius 3 is 2.39 bits per heavy atom. The van der Waals surface area contributed by atoms with Gasteiger partial charge in [-0.2, -0.15) is 16.9 Å². The molecule has 1 aromatic heterocycles. The van der Waals surface area contributed by atoms with Crippen LogP contribution in [0, 0.1) is 13.8 Å². The highest BCUT2D eigenvalue weighted by Crippen LogP contribution is 2.34. The zero-order valence-corrected chi connectivity index (χ0v) is 12.1. The van der Waals surface area contributed by atoms with Gasteiger partial charge < -0.3 is 10.6 Å². The molecule has 2 heterocycles. The molecule has 0 unspecified atom stereocenters. The summed E-state index contributed by atoms with van der Waals surface area (Å²) in [5, 5.41) is 8.34. The standard InChI is InChI=1S/C12H21N5S/c1-9-10(2)15-16-11(14-9)17-6-4-12(8-13,18-3)5-7-17/h4-8,13H2,1-3H3. The lowest BCUT2D eigenvalue weighted by molar-refractivity contribution is 0.451. The molecule has 18 heavy (non-hydrogen) atoms. The van der Waals surface area contributed by atoms with E-state index in [0.29, 0.717) is 0 Å². The van der Waals surface area contributed by atoms with Crippen molar-refractivity contribution >= 4 is 17.7 Å². The summed E-state index contributed by atoms with van der Waals surface area (Å²) in [6.45, 7) is 6.57. The molecule has 2 rings (SSSR count). The van der Waals surface area contributed by atoms with Crippen LogP contribution in [0.4, 0.5) is 5.95 Å². The summed E-state index contributed by atoms with van der Waals surface area (Å²) >= 11 is 1.89. The number of hydrogen-bond acceptors (Lipinski definition) is 6. The minimum absolute atomic E-state index is 0.240. The van der Waals surface area contributed by atoms with Crippen molar-refractivity contribution in [2.75, 3.05) is 30.8 Å². The van der Waals surface area contributed by atoms with Gasteiger partial charge in [0.2, 0.25) is 5.95 Å². The maximum Gasteiger partial charge on any atom is 0.245 e. The maximum atomic E-state index is 5.89. The van der Waals surface area contributed by atoms with Crippen LogP contribution in [0.15, 0.2) is 0 Å². The highest BCUT2D eigenvalue weighted by molar-refractivity contribution is 8.00. The molecular formula is C12H21N5S. The molecule has 0 aromatic carbocycles. The largest absolute Gasteiger partial charge is 0.339 e. The van der Waals surface area contributed by atoms with E-state index in [2.05, 4.69) is 26.3 Å². The first-order valence-electron chi connectivity index (χ1n) is 6.28. The van der Waals surface area contributed by atoms with Crippen LogP contribution < -0.4 is 10.6 Å². The second-order valence-corrected chi connectivity index (χ2v) is 6.14. The summed E-state index contributed by atoms with van der Waals surface area (Å²) in [6, 6.07) is 0. The van der Waals surface area contributed by atoms with E-state index in [9.17, 15) is 0 Å². The Hall–Kier alpha value is -0.880. The van der Waals surface area contributed by atoms with Crippen molar-refractivity contribution in [1.82, 2.24) is 15.2 Å². The lowest BCUT2D eigenvalue weighted by Crippen LogP contribution is -2.47. The summed E-state index contributed by atoms with van der Waals surface area (Å²) < 4.78 is 0.240. The maximum absolute atomic E-state index is 5.89. The fraction of sp³-hybridized carbons (Fsp3) is 0.750. The Bertz CT molecular complexity index is 409. The van der Waals surface area contributed by atoms with Gasteiger partial charge in [-0.25, -0.2) is 4.98 Å². The van der Waals surface area contributed by atoms with Crippen LogP contribution >= 0.6 is 11.8 Å². The Labute approximate surface area is 113 Å². The van der Waals surface area contributed by atoms with Crippen LogP contribution in [0.2, 0.25) is 0 Å². The quantitative estimate of drug-likeness (QED) is 0.886. The topological polar surface area (TPSA) is 67.9 Å². The van der Waals surface area contributed by atoms with Crippen molar-refractivity contribution in [2.45, 2.75) is 31.4 Å². The van der Waals surface area contributed by atoms with Gasteiger partial charge in [-0.3, -0.25) is 0 Å². The molecule has 6 heteroatoms. The van der Waals surface area contributed by atoms with Gasteiger partial charge in [0, 0.05) is 24.4 Å². The zero-order chi connectivity index (χ0) is 13.2. The van der Waals surface area contributed by atoms with Crippen molar-refractivity contribution in [1.29, 1.82) is 0 Å². The number of aryl methyl sites for hydroxylation is 2. The Balaban J connectivity index is 2.07. The highest BCUT2D eigenvalue weighted by Gasteiger charge is 2.33. The normalized spacial score (nSPS) is 19.0. The molecule has 1 aliphatic heterocycles. The van der Waals surface area contributed by atoms with Gasteiger partial charge in [0.1, 0.15) is 0 Å². The summed E-state index contributed by atoms with van der Waals surface area (Å²) in [6.07, 6.45) is 4.32. The molecular weight excluding hydrogens is 246 g/mol. The second-order valence-electron chi connectivity index (χ2n) is 4.86. The predicted molar refractivity (Wildman–Crippen MR) is 76.0 cm³/mol. The van der Waals surface area contributed by atoms with Gasteiger partial charge in [-0.05, 0) is 32.9 Å². The second kappa shape index (κ2) is 5.40. The number of aromatic nitrogens is 3. The first kappa shape index (κ1) is 13.5. The molecule has 5 nitrogen and oxygen atoms in total. The molecule has 1 aliphatic rings. The van der Waals surface area contributed by atoms with E-state index >= 15 is 0 Å². The van der Waals surface area contributed by atoms with Gasteiger partial charge >= 0.3 is 0 Å². The van der Waals surface area contributed by atoms with E-state index < -0.39 is 0 Å². The molecule has 0 spiro atoms. The number of piperidine rings is 1. The number of nitrogens with zero attached hydrogens (tertiary/aromatic N) is 4. The minimum atomic E-state index is 0.240. The summed E-state index contributed by atoms with van der Waals surface area (Å²) in [5.41, 5.74) is 7.75. The molecule has 2 N–H and O–H groups in total. The Morgan fingerprint density at radius 1 is 1.22 bits per heavy atom. The number of anilines is 1. The average molecular weight is 267 g/mol. The van der Waals surface area contributed by atoms with Gasteiger partial charge in [0.25, 0.3) is 0 Å². The van der Waals surface area contributed by atoms with Crippen molar-refractivity contribution in [3.05, 3.63) is 11.4 Å². The SMILES string of the molecule is CSC1(CN)CCN(c2nnc(C)c(C)n2)CC1. The number of thioether (sulfide) groups is 1. The third kappa shape index (κ3) is 2.59. The monoisotopic (exact) mass is 267 g/mol. The molecule has 1 fully saturated rings. The number of hydrogen-bond donors (Lipinski definition) is 1. The van der Waals surface area contributed by atoms with Gasteiger partial charge in [0.15, 0.2) is 0 Å². The van der Waals surface area contributed by atoms with Gasteiger partial charge in [-0.15, -0.1) is 5.10 Å². The van der Waals surface area contributed by atoms with Crippen molar-refractivity contribution in [2.24, 2.45) is 5.73 Å². The molecule has 0 radical (unpaired) electrons. The van der Waals surface area contributed by atoms with E-state index in [1.54, 1.807) is 0 Å². The van der Waals surface area contributed by atoms with Crippen LogP contribution in [0.25, 0.3) is 0 Å². The third-order valence-electron chi connectivity index (χ3n) is 3.84. The van der Waals surface area contributed by atoms with E-state index in [0.717, 1.165) is 49.8 Å². The Morgan fingerprint density at radius 2 is 1.89 bits per heavy atom. The van der Waals surface area contributed by atoms with E-state index in [4.69, 9.17) is 5.73 Å². The molecule has 0 atom stereocenters.